The summed E-state index contributed by atoms with van der Waals surface area (Å²) in [7, 11) is 1.86. The lowest BCUT2D eigenvalue weighted by atomic mass is 9.97. The maximum atomic E-state index is 14.0. The van der Waals surface area contributed by atoms with Crippen LogP contribution in [0.1, 0.15) is 23.2 Å². The van der Waals surface area contributed by atoms with E-state index in [-0.39, 0.29) is 5.69 Å². The van der Waals surface area contributed by atoms with Crippen molar-refractivity contribution in [2.75, 3.05) is 31.6 Å². The third kappa shape index (κ3) is 2.90. The lowest BCUT2D eigenvalue weighted by molar-refractivity contribution is 0.0690. The molecule has 4 nitrogen and oxygen atoms in total. The minimum atomic E-state index is -1.46. The lowest BCUT2D eigenvalue weighted by Crippen LogP contribution is -2.39. The fourth-order valence-corrected chi connectivity index (χ4v) is 2.69. The van der Waals surface area contributed by atoms with Gasteiger partial charge in [0.05, 0.1) is 11.3 Å². The van der Waals surface area contributed by atoms with E-state index in [1.165, 1.54) is 6.07 Å². The van der Waals surface area contributed by atoms with E-state index in [0.717, 1.165) is 25.5 Å². The molecular formula is C14H18F2N2O2. The highest BCUT2D eigenvalue weighted by molar-refractivity contribution is 5.88. The minimum Gasteiger partial charge on any atom is -0.478 e. The Hall–Kier alpha value is -1.69. The molecule has 110 valence electrons. The number of hydrogen-bond donors (Lipinski definition) is 2. The second-order valence-corrected chi connectivity index (χ2v) is 5.08. The van der Waals surface area contributed by atoms with Crippen LogP contribution in [0.25, 0.3) is 0 Å². The van der Waals surface area contributed by atoms with E-state index in [1.807, 2.05) is 7.05 Å². The molecule has 0 aliphatic carbocycles. The summed E-state index contributed by atoms with van der Waals surface area (Å²) < 4.78 is 27.7. The number of nitrogens with zero attached hydrogens (tertiary/aromatic N) is 1. The van der Waals surface area contributed by atoms with E-state index in [1.54, 1.807) is 4.90 Å². The summed E-state index contributed by atoms with van der Waals surface area (Å²) in [5.74, 6) is -3.43. The van der Waals surface area contributed by atoms with E-state index in [2.05, 4.69) is 5.32 Å². The first kappa shape index (κ1) is 14.7. The SMILES string of the molecule is CNCC1CCCN(c2ccc(C(=O)O)c(F)c2F)C1. The van der Waals surface area contributed by atoms with Crippen molar-refractivity contribution in [3.63, 3.8) is 0 Å². The Balaban J connectivity index is 2.24. The maximum absolute atomic E-state index is 14.0. The molecule has 1 fully saturated rings. The molecule has 1 heterocycles. The Morgan fingerprint density at radius 1 is 1.45 bits per heavy atom. The summed E-state index contributed by atoms with van der Waals surface area (Å²) in [6, 6.07) is 2.47. The highest BCUT2D eigenvalue weighted by atomic mass is 19.2. The molecule has 1 aliphatic rings. The zero-order valence-corrected chi connectivity index (χ0v) is 11.3. The predicted octanol–water partition coefficient (Wildman–Crippen LogP) is 2.10. The molecule has 0 saturated carbocycles. The van der Waals surface area contributed by atoms with E-state index < -0.39 is 23.2 Å². The third-order valence-electron chi connectivity index (χ3n) is 3.64. The molecule has 0 aromatic heterocycles. The van der Waals surface area contributed by atoms with Gasteiger partial charge >= 0.3 is 5.97 Å². The van der Waals surface area contributed by atoms with Crippen LogP contribution in [0.4, 0.5) is 14.5 Å². The van der Waals surface area contributed by atoms with Gasteiger partial charge in [-0.2, -0.15) is 0 Å². The molecule has 1 atom stereocenters. The molecule has 6 heteroatoms. The van der Waals surface area contributed by atoms with Gasteiger partial charge < -0.3 is 15.3 Å². The first-order valence-corrected chi connectivity index (χ1v) is 6.65. The molecule has 0 amide bonds. The number of aromatic carboxylic acids is 1. The number of nitrogens with one attached hydrogen (secondary N) is 1. The number of anilines is 1. The van der Waals surface area contributed by atoms with Gasteiger partial charge in [-0.25, -0.2) is 13.6 Å². The van der Waals surface area contributed by atoms with Gasteiger partial charge in [0.15, 0.2) is 11.6 Å². The zero-order valence-electron chi connectivity index (χ0n) is 11.3. The van der Waals surface area contributed by atoms with Gasteiger partial charge in [0, 0.05) is 13.1 Å². The first-order chi connectivity index (χ1) is 9.54. The first-order valence-electron chi connectivity index (χ1n) is 6.65. The number of rotatable bonds is 4. The van der Waals surface area contributed by atoms with Gasteiger partial charge in [0.25, 0.3) is 0 Å². The maximum Gasteiger partial charge on any atom is 0.338 e. The number of carboxylic acids is 1. The third-order valence-corrected chi connectivity index (χ3v) is 3.64. The molecule has 0 spiro atoms. The standard InChI is InChI=1S/C14H18F2N2O2/c1-17-7-9-3-2-6-18(8-9)11-5-4-10(14(19)20)12(15)13(11)16/h4-5,9,17H,2-3,6-8H2,1H3,(H,19,20). The van der Waals surface area contributed by atoms with Crippen molar-refractivity contribution in [2.45, 2.75) is 12.8 Å². The number of carboxylic acid groups (broad SMARTS) is 1. The zero-order chi connectivity index (χ0) is 14.7. The van der Waals surface area contributed by atoms with Gasteiger partial charge in [0.2, 0.25) is 0 Å². The molecule has 1 aromatic rings. The van der Waals surface area contributed by atoms with E-state index in [0.29, 0.717) is 19.0 Å². The van der Waals surface area contributed by atoms with Crippen LogP contribution in [-0.4, -0.2) is 37.8 Å². The van der Waals surface area contributed by atoms with E-state index in [9.17, 15) is 13.6 Å². The van der Waals surface area contributed by atoms with E-state index >= 15 is 0 Å². The summed E-state index contributed by atoms with van der Waals surface area (Å²) in [6.07, 6.45) is 1.96. The van der Waals surface area contributed by atoms with Crippen LogP contribution in [0.5, 0.6) is 0 Å². The van der Waals surface area contributed by atoms with Crippen LogP contribution >= 0.6 is 0 Å². The molecule has 2 N–H and O–H groups in total. The minimum absolute atomic E-state index is 0.147. The highest BCUT2D eigenvalue weighted by Gasteiger charge is 2.25. The Kier molecular flexibility index (Phi) is 4.54. The van der Waals surface area contributed by atoms with Gasteiger partial charge in [-0.1, -0.05) is 0 Å². The van der Waals surface area contributed by atoms with E-state index in [4.69, 9.17) is 5.11 Å². The normalized spacial score (nSPS) is 19.1. The van der Waals surface area contributed by atoms with Crippen LogP contribution in [-0.2, 0) is 0 Å². The van der Waals surface area contributed by atoms with Crippen molar-refractivity contribution in [1.29, 1.82) is 0 Å². The average Bonchev–Trinajstić information content (AvgIpc) is 2.42. The Morgan fingerprint density at radius 3 is 2.85 bits per heavy atom. The molecule has 2 rings (SSSR count). The molecule has 1 unspecified atom stereocenters. The van der Waals surface area contributed by atoms with Crippen LogP contribution < -0.4 is 10.2 Å². The number of halogens is 2. The lowest BCUT2D eigenvalue weighted by Gasteiger charge is -2.34. The van der Waals surface area contributed by atoms with Crippen molar-refractivity contribution >= 4 is 11.7 Å². The summed E-state index contributed by atoms with van der Waals surface area (Å²) >= 11 is 0. The number of piperidine rings is 1. The molecule has 1 aromatic carbocycles. The van der Waals surface area contributed by atoms with Crippen molar-refractivity contribution in [3.05, 3.63) is 29.3 Å². The molecule has 20 heavy (non-hydrogen) atoms. The van der Waals surface area contributed by atoms with Crippen LogP contribution in [0, 0.1) is 17.6 Å². The van der Waals surface area contributed by atoms with Crippen molar-refractivity contribution in [2.24, 2.45) is 5.92 Å². The van der Waals surface area contributed by atoms with Crippen LogP contribution in [0.2, 0.25) is 0 Å². The quantitative estimate of drug-likeness (QED) is 0.889. The van der Waals surface area contributed by atoms with Crippen LogP contribution in [0.3, 0.4) is 0 Å². The summed E-state index contributed by atoms with van der Waals surface area (Å²) in [4.78, 5) is 12.6. The fourth-order valence-electron chi connectivity index (χ4n) is 2.69. The highest BCUT2D eigenvalue weighted by Crippen LogP contribution is 2.28. The van der Waals surface area contributed by atoms with Gasteiger partial charge in [-0.15, -0.1) is 0 Å². The largest absolute Gasteiger partial charge is 0.478 e. The number of carbonyl (C=O) groups is 1. The number of hydrogen-bond acceptors (Lipinski definition) is 3. The van der Waals surface area contributed by atoms with Gasteiger partial charge in [-0.05, 0) is 44.5 Å². The molecule has 0 radical (unpaired) electrons. The fraction of sp³-hybridized carbons (Fsp3) is 0.500. The van der Waals surface area contributed by atoms with Gasteiger partial charge in [0.1, 0.15) is 0 Å². The second-order valence-electron chi connectivity index (χ2n) is 5.08. The van der Waals surface area contributed by atoms with Crippen molar-refractivity contribution in [1.82, 2.24) is 5.32 Å². The Labute approximate surface area is 116 Å². The smallest absolute Gasteiger partial charge is 0.338 e. The second kappa shape index (κ2) is 6.17. The summed E-state index contributed by atoms with van der Waals surface area (Å²) in [6.45, 7) is 2.13. The summed E-state index contributed by atoms with van der Waals surface area (Å²) in [5, 5.41) is 11.9. The Bertz CT molecular complexity index is 506. The molecule has 1 saturated heterocycles. The predicted molar refractivity (Wildman–Crippen MR) is 72.2 cm³/mol. The molecule has 1 aliphatic heterocycles. The van der Waals surface area contributed by atoms with Crippen LogP contribution in [0.15, 0.2) is 12.1 Å². The van der Waals surface area contributed by atoms with Gasteiger partial charge in [-0.3, -0.25) is 0 Å². The number of benzene rings is 1. The van der Waals surface area contributed by atoms with Crippen molar-refractivity contribution < 1.29 is 18.7 Å². The molecule has 0 bridgehead atoms. The Morgan fingerprint density at radius 2 is 2.20 bits per heavy atom. The molecular weight excluding hydrogens is 266 g/mol. The van der Waals surface area contributed by atoms with Crippen molar-refractivity contribution in [3.8, 4) is 0 Å². The summed E-state index contributed by atoms with van der Waals surface area (Å²) in [5.41, 5.74) is -0.483. The average molecular weight is 284 g/mol. The monoisotopic (exact) mass is 284 g/mol. The topological polar surface area (TPSA) is 52.6 Å².